The van der Waals surface area contributed by atoms with Gasteiger partial charge in [0.05, 0.1) is 5.92 Å². The topological polar surface area (TPSA) is 75.4 Å². The van der Waals surface area contributed by atoms with E-state index in [4.69, 9.17) is 4.52 Å². The highest BCUT2D eigenvalue weighted by Gasteiger charge is 2.36. The molecule has 6 nitrogen and oxygen atoms in total. The zero-order valence-electron chi connectivity index (χ0n) is 13.2. The molecule has 0 spiro atoms. The number of carbonyl (C=O) groups excluding carboxylic acids is 2. The minimum Gasteiger partial charge on any atom is -0.360 e. The Balaban J connectivity index is 1.58. The summed E-state index contributed by atoms with van der Waals surface area (Å²) in [6, 6.07) is 9.69. The van der Waals surface area contributed by atoms with Crippen LogP contribution in [0, 0.1) is 19.8 Å². The molecule has 2 aromatic rings. The SMILES string of the molecule is Cc1ccc(CNC(=O)C2CC(=O)N(c3cc(C)on3)C2)cc1. The van der Waals surface area contributed by atoms with Gasteiger partial charge in [-0.3, -0.25) is 14.5 Å². The molecule has 1 aromatic carbocycles. The van der Waals surface area contributed by atoms with E-state index in [0.29, 0.717) is 24.7 Å². The Labute approximate surface area is 134 Å². The van der Waals surface area contributed by atoms with Crippen molar-refractivity contribution in [3.8, 4) is 0 Å². The molecule has 0 aliphatic carbocycles. The van der Waals surface area contributed by atoms with Crippen molar-refractivity contribution in [3.05, 3.63) is 47.2 Å². The minimum atomic E-state index is -0.357. The van der Waals surface area contributed by atoms with Crippen LogP contribution in [0.4, 0.5) is 5.82 Å². The van der Waals surface area contributed by atoms with Crippen molar-refractivity contribution >= 4 is 17.6 Å². The number of aryl methyl sites for hydroxylation is 2. The zero-order chi connectivity index (χ0) is 16.4. The molecular formula is C17H19N3O3. The van der Waals surface area contributed by atoms with Crippen molar-refractivity contribution in [2.24, 2.45) is 5.92 Å². The molecular weight excluding hydrogens is 294 g/mol. The summed E-state index contributed by atoms with van der Waals surface area (Å²) in [4.78, 5) is 25.9. The summed E-state index contributed by atoms with van der Waals surface area (Å²) in [5, 5.41) is 6.74. The molecule has 1 aliphatic rings. The second-order valence-electron chi connectivity index (χ2n) is 5.90. The van der Waals surface area contributed by atoms with Crippen molar-refractivity contribution in [1.29, 1.82) is 0 Å². The molecule has 6 heteroatoms. The van der Waals surface area contributed by atoms with E-state index in [0.717, 1.165) is 5.56 Å². The molecule has 1 saturated heterocycles. The van der Waals surface area contributed by atoms with Crippen LogP contribution in [-0.4, -0.2) is 23.5 Å². The van der Waals surface area contributed by atoms with Gasteiger partial charge in [0.1, 0.15) is 5.76 Å². The van der Waals surface area contributed by atoms with Crippen molar-refractivity contribution in [2.75, 3.05) is 11.4 Å². The second-order valence-corrected chi connectivity index (χ2v) is 5.90. The summed E-state index contributed by atoms with van der Waals surface area (Å²) >= 11 is 0. The summed E-state index contributed by atoms with van der Waals surface area (Å²) in [5.41, 5.74) is 2.22. The lowest BCUT2D eigenvalue weighted by Crippen LogP contribution is -2.32. The van der Waals surface area contributed by atoms with Crippen LogP contribution in [0.3, 0.4) is 0 Å². The third-order valence-corrected chi connectivity index (χ3v) is 3.98. The quantitative estimate of drug-likeness (QED) is 0.936. The van der Waals surface area contributed by atoms with Gasteiger partial charge in [0.2, 0.25) is 11.8 Å². The fraction of sp³-hybridized carbons (Fsp3) is 0.353. The van der Waals surface area contributed by atoms with Gasteiger partial charge in [0, 0.05) is 25.6 Å². The smallest absolute Gasteiger partial charge is 0.229 e. The van der Waals surface area contributed by atoms with Crippen molar-refractivity contribution in [1.82, 2.24) is 10.5 Å². The van der Waals surface area contributed by atoms with E-state index in [9.17, 15) is 9.59 Å². The first-order valence-electron chi connectivity index (χ1n) is 7.60. The molecule has 2 heterocycles. The molecule has 0 radical (unpaired) electrons. The molecule has 1 atom stereocenters. The average molecular weight is 313 g/mol. The van der Waals surface area contributed by atoms with E-state index < -0.39 is 0 Å². The summed E-state index contributed by atoms with van der Waals surface area (Å²) in [6.45, 7) is 4.59. The van der Waals surface area contributed by atoms with Gasteiger partial charge in [0.25, 0.3) is 0 Å². The third-order valence-electron chi connectivity index (χ3n) is 3.98. The monoisotopic (exact) mass is 313 g/mol. The molecule has 23 heavy (non-hydrogen) atoms. The number of amides is 2. The molecule has 1 aliphatic heterocycles. The normalized spacial score (nSPS) is 17.6. The molecule has 1 N–H and O–H groups in total. The number of anilines is 1. The number of aromatic nitrogens is 1. The number of benzene rings is 1. The Morgan fingerprint density at radius 2 is 2.09 bits per heavy atom. The molecule has 3 rings (SSSR count). The maximum absolute atomic E-state index is 12.3. The Morgan fingerprint density at radius 1 is 1.35 bits per heavy atom. The number of hydrogen-bond donors (Lipinski definition) is 1. The highest BCUT2D eigenvalue weighted by atomic mass is 16.5. The molecule has 0 bridgehead atoms. The summed E-state index contributed by atoms with van der Waals surface area (Å²) in [7, 11) is 0. The fourth-order valence-corrected chi connectivity index (χ4v) is 2.62. The van der Waals surface area contributed by atoms with E-state index in [2.05, 4.69) is 10.5 Å². The van der Waals surface area contributed by atoms with Gasteiger partial charge >= 0.3 is 0 Å². The van der Waals surface area contributed by atoms with E-state index in [1.807, 2.05) is 31.2 Å². The van der Waals surface area contributed by atoms with Crippen molar-refractivity contribution < 1.29 is 14.1 Å². The van der Waals surface area contributed by atoms with Crippen LogP contribution in [0.15, 0.2) is 34.9 Å². The van der Waals surface area contributed by atoms with E-state index in [-0.39, 0.29) is 24.2 Å². The molecule has 0 saturated carbocycles. The lowest BCUT2D eigenvalue weighted by atomic mass is 10.1. The van der Waals surface area contributed by atoms with Gasteiger partial charge in [0.15, 0.2) is 5.82 Å². The summed E-state index contributed by atoms with van der Waals surface area (Å²) in [6.07, 6.45) is 0.200. The first kappa shape index (κ1) is 15.3. The summed E-state index contributed by atoms with van der Waals surface area (Å²) < 4.78 is 4.99. The number of hydrogen-bond acceptors (Lipinski definition) is 4. The van der Waals surface area contributed by atoms with Crippen molar-refractivity contribution in [2.45, 2.75) is 26.8 Å². The number of carbonyl (C=O) groups is 2. The molecule has 2 amide bonds. The number of nitrogens with zero attached hydrogens (tertiary/aromatic N) is 2. The van der Waals surface area contributed by atoms with E-state index in [1.165, 1.54) is 10.5 Å². The van der Waals surface area contributed by atoms with Gasteiger partial charge in [-0.2, -0.15) is 0 Å². The highest BCUT2D eigenvalue weighted by Crippen LogP contribution is 2.24. The molecule has 1 fully saturated rings. The Kier molecular flexibility index (Phi) is 4.14. The number of rotatable bonds is 4. The van der Waals surface area contributed by atoms with Gasteiger partial charge in [-0.05, 0) is 19.4 Å². The van der Waals surface area contributed by atoms with Crippen LogP contribution in [0.2, 0.25) is 0 Å². The Bertz CT molecular complexity index is 721. The van der Waals surface area contributed by atoms with Gasteiger partial charge < -0.3 is 9.84 Å². The first-order valence-corrected chi connectivity index (χ1v) is 7.60. The lowest BCUT2D eigenvalue weighted by Gasteiger charge is -2.13. The standard InChI is InChI=1S/C17H19N3O3/c1-11-3-5-13(6-4-11)9-18-17(22)14-8-16(21)20(10-14)15-7-12(2)23-19-15/h3-7,14H,8-10H2,1-2H3,(H,18,22). The second kappa shape index (κ2) is 6.24. The Morgan fingerprint density at radius 3 is 2.74 bits per heavy atom. The van der Waals surface area contributed by atoms with Crippen LogP contribution in [0.5, 0.6) is 0 Å². The first-order chi connectivity index (χ1) is 11.0. The predicted octanol–water partition coefficient (Wildman–Crippen LogP) is 1.96. The van der Waals surface area contributed by atoms with Crippen LogP contribution >= 0.6 is 0 Å². The predicted molar refractivity (Wildman–Crippen MR) is 84.7 cm³/mol. The zero-order valence-corrected chi connectivity index (χ0v) is 13.2. The van der Waals surface area contributed by atoms with Gasteiger partial charge in [-0.25, -0.2) is 0 Å². The van der Waals surface area contributed by atoms with Crippen molar-refractivity contribution in [3.63, 3.8) is 0 Å². The summed E-state index contributed by atoms with van der Waals surface area (Å²) in [5.74, 6) is 0.543. The van der Waals surface area contributed by atoms with Gasteiger partial charge in [-0.15, -0.1) is 0 Å². The molecule has 1 aromatic heterocycles. The van der Waals surface area contributed by atoms with Crippen LogP contribution in [0.25, 0.3) is 0 Å². The largest absolute Gasteiger partial charge is 0.360 e. The maximum Gasteiger partial charge on any atom is 0.229 e. The molecule has 1 unspecified atom stereocenters. The molecule has 120 valence electrons. The van der Waals surface area contributed by atoms with Crippen LogP contribution < -0.4 is 10.2 Å². The third kappa shape index (κ3) is 3.41. The highest BCUT2D eigenvalue weighted by molar-refractivity contribution is 5.99. The Hall–Kier alpha value is -2.63. The van der Waals surface area contributed by atoms with Crippen LogP contribution in [-0.2, 0) is 16.1 Å². The fourth-order valence-electron chi connectivity index (χ4n) is 2.62. The van der Waals surface area contributed by atoms with Gasteiger partial charge in [-0.1, -0.05) is 35.0 Å². The maximum atomic E-state index is 12.3. The number of nitrogens with one attached hydrogen (secondary N) is 1. The van der Waals surface area contributed by atoms with E-state index in [1.54, 1.807) is 13.0 Å². The van der Waals surface area contributed by atoms with Crippen LogP contribution in [0.1, 0.15) is 23.3 Å². The average Bonchev–Trinajstić information content (AvgIpc) is 3.12. The lowest BCUT2D eigenvalue weighted by molar-refractivity contribution is -0.126. The van der Waals surface area contributed by atoms with E-state index >= 15 is 0 Å². The minimum absolute atomic E-state index is 0.103.